The molecule has 0 aliphatic heterocycles. The number of benzene rings is 1. The summed E-state index contributed by atoms with van der Waals surface area (Å²) in [7, 11) is 1.76. The van der Waals surface area contributed by atoms with Crippen molar-refractivity contribution in [3.05, 3.63) is 29.3 Å². The number of unbranched alkanes of at least 4 members (excludes halogenated alkanes) is 1. The quantitative estimate of drug-likeness (QED) is 0.628. The summed E-state index contributed by atoms with van der Waals surface area (Å²) in [6.07, 6.45) is 3.67. The van der Waals surface area contributed by atoms with Crippen molar-refractivity contribution in [3.8, 4) is 5.75 Å². The number of hydrogen-bond acceptors (Lipinski definition) is 3. The fourth-order valence-corrected chi connectivity index (χ4v) is 2.45. The monoisotopic (exact) mass is 292 g/mol. The standard InChI is InChI=1S/C18H32N2O/c1-5-8-12-20(7-3)15-17-13-16(14-19-11-6-2)9-10-18(17)21-4/h9-10,13,19H,5-8,11-12,14-15H2,1-4H3. The van der Waals surface area contributed by atoms with Crippen LogP contribution in [-0.4, -0.2) is 31.6 Å². The third kappa shape index (κ3) is 6.49. The molecule has 3 heteroatoms. The molecule has 1 rings (SSSR count). The van der Waals surface area contributed by atoms with Gasteiger partial charge in [-0.25, -0.2) is 0 Å². The van der Waals surface area contributed by atoms with Gasteiger partial charge in [0.05, 0.1) is 7.11 Å². The highest BCUT2D eigenvalue weighted by Crippen LogP contribution is 2.22. The van der Waals surface area contributed by atoms with Gasteiger partial charge in [0.15, 0.2) is 0 Å². The van der Waals surface area contributed by atoms with Crippen LogP contribution in [0.2, 0.25) is 0 Å². The number of nitrogens with zero attached hydrogens (tertiary/aromatic N) is 1. The van der Waals surface area contributed by atoms with Crippen molar-refractivity contribution in [2.75, 3.05) is 26.7 Å². The van der Waals surface area contributed by atoms with Crippen molar-refractivity contribution in [1.82, 2.24) is 10.2 Å². The second kappa shape index (κ2) is 10.6. The zero-order chi connectivity index (χ0) is 15.5. The molecule has 0 spiro atoms. The number of ether oxygens (including phenoxy) is 1. The van der Waals surface area contributed by atoms with E-state index in [1.165, 1.54) is 30.4 Å². The van der Waals surface area contributed by atoms with Gasteiger partial charge >= 0.3 is 0 Å². The molecule has 0 saturated carbocycles. The van der Waals surface area contributed by atoms with Crippen molar-refractivity contribution < 1.29 is 4.74 Å². The fraction of sp³-hybridized carbons (Fsp3) is 0.667. The van der Waals surface area contributed by atoms with Gasteiger partial charge in [-0.05, 0) is 50.2 Å². The summed E-state index contributed by atoms with van der Waals surface area (Å²) in [6.45, 7) is 11.9. The Hall–Kier alpha value is -1.06. The molecule has 0 aliphatic carbocycles. The Morgan fingerprint density at radius 1 is 1.14 bits per heavy atom. The van der Waals surface area contributed by atoms with Crippen LogP contribution in [0.15, 0.2) is 18.2 Å². The molecule has 0 aliphatic rings. The van der Waals surface area contributed by atoms with Crippen LogP contribution in [0, 0.1) is 0 Å². The van der Waals surface area contributed by atoms with Crippen LogP contribution in [0.5, 0.6) is 5.75 Å². The average Bonchev–Trinajstić information content (AvgIpc) is 2.52. The van der Waals surface area contributed by atoms with Crippen LogP contribution in [0.1, 0.15) is 51.2 Å². The highest BCUT2D eigenvalue weighted by molar-refractivity contribution is 5.37. The topological polar surface area (TPSA) is 24.5 Å². The molecule has 1 aromatic carbocycles. The van der Waals surface area contributed by atoms with Gasteiger partial charge in [-0.3, -0.25) is 4.90 Å². The third-order valence-corrected chi connectivity index (χ3v) is 3.77. The lowest BCUT2D eigenvalue weighted by Crippen LogP contribution is -2.24. The number of hydrogen-bond donors (Lipinski definition) is 1. The summed E-state index contributed by atoms with van der Waals surface area (Å²) in [6, 6.07) is 6.55. The van der Waals surface area contributed by atoms with E-state index in [0.717, 1.165) is 38.5 Å². The second-order valence-electron chi connectivity index (χ2n) is 5.55. The van der Waals surface area contributed by atoms with Gasteiger partial charge in [0.1, 0.15) is 5.75 Å². The number of nitrogens with one attached hydrogen (secondary N) is 1. The summed E-state index contributed by atoms with van der Waals surface area (Å²) in [5, 5.41) is 3.46. The molecule has 0 saturated heterocycles. The van der Waals surface area contributed by atoms with E-state index in [1.54, 1.807) is 7.11 Å². The highest BCUT2D eigenvalue weighted by atomic mass is 16.5. The molecule has 0 heterocycles. The Morgan fingerprint density at radius 3 is 2.57 bits per heavy atom. The van der Waals surface area contributed by atoms with Crippen molar-refractivity contribution in [1.29, 1.82) is 0 Å². The zero-order valence-corrected chi connectivity index (χ0v) is 14.2. The predicted octanol–water partition coefficient (Wildman–Crippen LogP) is 3.82. The molecule has 0 unspecified atom stereocenters. The molecule has 120 valence electrons. The molecule has 0 aromatic heterocycles. The van der Waals surface area contributed by atoms with Crippen molar-refractivity contribution >= 4 is 0 Å². The summed E-state index contributed by atoms with van der Waals surface area (Å²) in [5.41, 5.74) is 2.64. The van der Waals surface area contributed by atoms with Gasteiger partial charge in [0, 0.05) is 18.7 Å². The molecule has 0 atom stereocenters. The van der Waals surface area contributed by atoms with Gasteiger partial charge in [0.2, 0.25) is 0 Å². The first-order valence-corrected chi connectivity index (χ1v) is 8.33. The lowest BCUT2D eigenvalue weighted by Gasteiger charge is -2.22. The van der Waals surface area contributed by atoms with Crippen LogP contribution in [0.3, 0.4) is 0 Å². The highest BCUT2D eigenvalue weighted by Gasteiger charge is 2.09. The molecule has 0 radical (unpaired) electrons. The van der Waals surface area contributed by atoms with Crippen LogP contribution >= 0.6 is 0 Å². The van der Waals surface area contributed by atoms with E-state index in [9.17, 15) is 0 Å². The predicted molar refractivity (Wildman–Crippen MR) is 90.9 cm³/mol. The smallest absolute Gasteiger partial charge is 0.123 e. The maximum Gasteiger partial charge on any atom is 0.123 e. The lowest BCUT2D eigenvalue weighted by molar-refractivity contribution is 0.270. The molecule has 0 fully saturated rings. The minimum absolute atomic E-state index is 0.936. The largest absolute Gasteiger partial charge is 0.496 e. The summed E-state index contributed by atoms with van der Waals surface area (Å²) in [5.74, 6) is 1.00. The Bertz CT molecular complexity index is 393. The Balaban J connectivity index is 2.73. The van der Waals surface area contributed by atoms with Gasteiger partial charge in [-0.1, -0.05) is 33.3 Å². The van der Waals surface area contributed by atoms with E-state index in [2.05, 4.69) is 49.2 Å². The molecule has 0 amide bonds. The van der Waals surface area contributed by atoms with Gasteiger partial charge in [-0.15, -0.1) is 0 Å². The first-order chi connectivity index (χ1) is 10.2. The normalized spacial score (nSPS) is 11.1. The molecule has 0 bridgehead atoms. The van der Waals surface area contributed by atoms with Crippen LogP contribution in [0.25, 0.3) is 0 Å². The zero-order valence-electron chi connectivity index (χ0n) is 14.2. The Labute approximate surface area is 130 Å². The number of methoxy groups -OCH3 is 1. The molecular weight excluding hydrogens is 260 g/mol. The van der Waals surface area contributed by atoms with Gasteiger partial charge < -0.3 is 10.1 Å². The maximum atomic E-state index is 5.53. The van der Waals surface area contributed by atoms with Crippen LogP contribution in [-0.2, 0) is 13.1 Å². The summed E-state index contributed by atoms with van der Waals surface area (Å²) < 4.78 is 5.53. The van der Waals surface area contributed by atoms with Crippen LogP contribution in [0.4, 0.5) is 0 Å². The minimum Gasteiger partial charge on any atom is -0.496 e. The molecule has 1 aromatic rings. The number of rotatable bonds is 11. The van der Waals surface area contributed by atoms with E-state index >= 15 is 0 Å². The van der Waals surface area contributed by atoms with Crippen LogP contribution < -0.4 is 10.1 Å². The average molecular weight is 292 g/mol. The van der Waals surface area contributed by atoms with E-state index in [4.69, 9.17) is 4.74 Å². The van der Waals surface area contributed by atoms with E-state index in [1.807, 2.05) is 0 Å². The van der Waals surface area contributed by atoms with E-state index in [-0.39, 0.29) is 0 Å². The third-order valence-electron chi connectivity index (χ3n) is 3.77. The fourth-order valence-electron chi connectivity index (χ4n) is 2.45. The molecule has 3 nitrogen and oxygen atoms in total. The van der Waals surface area contributed by atoms with E-state index < -0.39 is 0 Å². The van der Waals surface area contributed by atoms with Crippen molar-refractivity contribution in [2.45, 2.75) is 53.1 Å². The summed E-state index contributed by atoms with van der Waals surface area (Å²) >= 11 is 0. The molecular formula is C18H32N2O. The molecule has 21 heavy (non-hydrogen) atoms. The summed E-state index contributed by atoms with van der Waals surface area (Å²) in [4.78, 5) is 2.49. The van der Waals surface area contributed by atoms with Gasteiger partial charge in [0.25, 0.3) is 0 Å². The maximum absolute atomic E-state index is 5.53. The first-order valence-electron chi connectivity index (χ1n) is 8.33. The lowest BCUT2D eigenvalue weighted by atomic mass is 10.1. The first kappa shape index (κ1) is 18.0. The minimum atomic E-state index is 0.936. The SMILES string of the molecule is CCCCN(CC)Cc1cc(CNCCC)ccc1OC. The van der Waals surface area contributed by atoms with Crippen molar-refractivity contribution in [2.24, 2.45) is 0 Å². The van der Waals surface area contributed by atoms with E-state index in [0.29, 0.717) is 0 Å². The second-order valence-corrected chi connectivity index (χ2v) is 5.55. The Morgan fingerprint density at radius 2 is 1.95 bits per heavy atom. The van der Waals surface area contributed by atoms with Gasteiger partial charge in [-0.2, -0.15) is 0 Å². The molecule has 1 N–H and O–H groups in total. The Kier molecular flexibility index (Phi) is 9.11. The van der Waals surface area contributed by atoms with Crippen molar-refractivity contribution in [3.63, 3.8) is 0 Å².